The molecule has 24 heavy (non-hydrogen) atoms. The number of hydrogen-bond acceptors (Lipinski definition) is 2. The maximum Gasteiger partial charge on any atom is 0.135 e. The van der Waals surface area contributed by atoms with Gasteiger partial charge in [-0.05, 0) is 43.0 Å². The lowest BCUT2D eigenvalue weighted by Gasteiger charge is -2.39. The maximum atomic E-state index is 12.5. The first-order valence-corrected chi connectivity index (χ1v) is 9.12. The Morgan fingerprint density at radius 2 is 1.88 bits per heavy atom. The van der Waals surface area contributed by atoms with Crippen molar-refractivity contribution >= 4 is 11.5 Å². The molecule has 0 bridgehead atoms. The van der Waals surface area contributed by atoms with E-state index in [0.29, 0.717) is 18.6 Å². The Hall–Kier alpha value is -2.09. The SMILES string of the molecule is CCCCC(=O)CC1c2ccccc2CCN1c1ccc(C)cc1. The zero-order valence-electron chi connectivity index (χ0n) is 14.8. The largest absolute Gasteiger partial charge is 0.364 e. The first-order chi connectivity index (χ1) is 11.7. The van der Waals surface area contributed by atoms with Crippen molar-refractivity contribution in [2.45, 2.75) is 52.0 Å². The third kappa shape index (κ3) is 3.69. The maximum absolute atomic E-state index is 12.5. The van der Waals surface area contributed by atoms with Gasteiger partial charge in [0.05, 0.1) is 6.04 Å². The van der Waals surface area contributed by atoms with Crippen molar-refractivity contribution in [3.05, 3.63) is 65.2 Å². The van der Waals surface area contributed by atoms with Crippen molar-refractivity contribution in [3.8, 4) is 0 Å². The Kier molecular flexibility index (Phi) is 5.34. The van der Waals surface area contributed by atoms with Crippen molar-refractivity contribution in [2.24, 2.45) is 0 Å². The molecule has 2 heteroatoms. The number of benzene rings is 2. The second-order valence-electron chi connectivity index (χ2n) is 6.84. The molecule has 1 heterocycles. The Labute approximate surface area is 145 Å². The number of nitrogens with zero attached hydrogens (tertiary/aromatic N) is 1. The number of carbonyl (C=O) groups excluding carboxylic acids is 1. The minimum Gasteiger partial charge on any atom is -0.364 e. The molecule has 0 amide bonds. The molecule has 0 aliphatic carbocycles. The molecule has 1 atom stereocenters. The first kappa shape index (κ1) is 16.8. The predicted octanol–water partition coefficient (Wildman–Crippen LogP) is 5.25. The molecule has 0 saturated heterocycles. The molecule has 0 saturated carbocycles. The summed E-state index contributed by atoms with van der Waals surface area (Å²) in [5.41, 5.74) is 5.22. The molecule has 2 aromatic rings. The van der Waals surface area contributed by atoms with Crippen molar-refractivity contribution in [1.29, 1.82) is 0 Å². The van der Waals surface area contributed by atoms with Gasteiger partial charge in [-0.25, -0.2) is 0 Å². The number of Topliss-reactive ketones (excluding diaryl/α,β-unsaturated/α-hetero) is 1. The Morgan fingerprint density at radius 3 is 2.62 bits per heavy atom. The molecule has 0 N–H and O–H groups in total. The van der Waals surface area contributed by atoms with Gasteiger partial charge in [0.2, 0.25) is 0 Å². The first-order valence-electron chi connectivity index (χ1n) is 9.12. The van der Waals surface area contributed by atoms with Crippen LogP contribution in [0.4, 0.5) is 5.69 Å². The van der Waals surface area contributed by atoms with Crippen LogP contribution in [0.5, 0.6) is 0 Å². The monoisotopic (exact) mass is 321 g/mol. The summed E-state index contributed by atoms with van der Waals surface area (Å²) in [4.78, 5) is 14.9. The molecule has 2 nitrogen and oxygen atoms in total. The fourth-order valence-electron chi connectivity index (χ4n) is 3.61. The second-order valence-corrected chi connectivity index (χ2v) is 6.84. The zero-order valence-corrected chi connectivity index (χ0v) is 14.8. The van der Waals surface area contributed by atoms with Crippen LogP contribution in [0.1, 0.15) is 55.3 Å². The van der Waals surface area contributed by atoms with Gasteiger partial charge in [-0.1, -0.05) is 55.3 Å². The number of carbonyl (C=O) groups is 1. The van der Waals surface area contributed by atoms with Gasteiger partial charge < -0.3 is 4.90 Å². The Bertz CT molecular complexity index is 689. The average molecular weight is 321 g/mol. The summed E-state index contributed by atoms with van der Waals surface area (Å²) in [6.45, 7) is 5.23. The topological polar surface area (TPSA) is 20.3 Å². The molecule has 1 aliphatic rings. The lowest BCUT2D eigenvalue weighted by molar-refractivity contribution is -0.119. The van der Waals surface area contributed by atoms with E-state index < -0.39 is 0 Å². The van der Waals surface area contributed by atoms with E-state index in [-0.39, 0.29) is 6.04 Å². The molecular weight excluding hydrogens is 294 g/mol. The van der Waals surface area contributed by atoms with Gasteiger partial charge in [0.1, 0.15) is 5.78 Å². The lowest BCUT2D eigenvalue weighted by atomic mass is 9.88. The predicted molar refractivity (Wildman–Crippen MR) is 101 cm³/mol. The van der Waals surface area contributed by atoms with Gasteiger partial charge in [-0.15, -0.1) is 0 Å². The fraction of sp³-hybridized carbons (Fsp3) is 0.409. The van der Waals surface area contributed by atoms with Crippen LogP contribution in [0.25, 0.3) is 0 Å². The highest BCUT2D eigenvalue weighted by Crippen LogP contribution is 2.36. The van der Waals surface area contributed by atoms with E-state index in [0.717, 1.165) is 25.8 Å². The van der Waals surface area contributed by atoms with E-state index in [2.05, 4.69) is 67.3 Å². The quantitative estimate of drug-likeness (QED) is 0.724. The molecule has 1 aliphatic heterocycles. The van der Waals surface area contributed by atoms with Gasteiger partial charge >= 0.3 is 0 Å². The smallest absolute Gasteiger partial charge is 0.135 e. The number of anilines is 1. The van der Waals surface area contributed by atoms with E-state index >= 15 is 0 Å². The van der Waals surface area contributed by atoms with Gasteiger partial charge in [-0.2, -0.15) is 0 Å². The van der Waals surface area contributed by atoms with Gasteiger partial charge in [0, 0.05) is 25.1 Å². The van der Waals surface area contributed by atoms with Crippen LogP contribution in [0.2, 0.25) is 0 Å². The minimum atomic E-state index is 0.169. The van der Waals surface area contributed by atoms with Crippen molar-refractivity contribution in [2.75, 3.05) is 11.4 Å². The molecular formula is C22H27NO. The standard InChI is InChI=1S/C22H27NO/c1-3-4-8-20(24)16-22-21-9-6-5-7-18(21)14-15-23(22)19-12-10-17(2)11-13-19/h5-7,9-13,22H,3-4,8,14-16H2,1-2H3. The summed E-state index contributed by atoms with van der Waals surface area (Å²) in [6.07, 6.45) is 4.44. The highest BCUT2D eigenvalue weighted by Gasteiger charge is 2.28. The van der Waals surface area contributed by atoms with Crippen molar-refractivity contribution in [1.82, 2.24) is 0 Å². The number of ketones is 1. The van der Waals surface area contributed by atoms with Crippen LogP contribution in [0.15, 0.2) is 48.5 Å². The van der Waals surface area contributed by atoms with Crippen LogP contribution in [-0.4, -0.2) is 12.3 Å². The Morgan fingerprint density at radius 1 is 1.12 bits per heavy atom. The highest BCUT2D eigenvalue weighted by atomic mass is 16.1. The number of hydrogen-bond donors (Lipinski definition) is 0. The number of rotatable bonds is 6. The molecule has 126 valence electrons. The van der Waals surface area contributed by atoms with E-state index in [4.69, 9.17) is 0 Å². The summed E-state index contributed by atoms with van der Waals surface area (Å²) in [7, 11) is 0. The summed E-state index contributed by atoms with van der Waals surface area (Å²) < 4.78 is 0. The fourth-order valence-corrected chi connectivity index (χ4v) is 3.61. The van der Waals surface area contributed by atoms with E-state index in [1.165, 1.54) is 22.4 Å². The van der Waals surface area contributed by atoms with Gasteiger partial charge in [0.25, 0.3) is 0 Å². The Balaban J connectivity index is 1.89. The highest BCUT2D eigenvalue weighted by molar-refractivity contribution is 5.80. The number of aryl methyl sites for hydroxylation is 1. The number of fused-ring (bicyclic) bond motifs is 1. The summed E-state index contributed by atoms with van der Waals surface area (Å²) in [6, 6.07) is 17.5. The summed E-state index contributed by atoms with van der Waals surface area (Å²) >= 11 is 0. The van der Waals surface area contributed by atoms with Crippen molar-refractivity contribution in [3.63, 3.8) is 0 Å². The second kappa shape index (κ2) is 7.65. The summed E-state index contributed by atoms with van der Waals surface area (Å²) in [5.74, 6) is 0.385. The van der Waals surface area contributed by atoms with Crippen LogP contribution in [0, 0.1) is 6.92 Å². The van der Waals surface area contributed by atoms with Crippen LogP contribution in [-0.2, 0) is 11.2 Å². The summed E-state index contributed by atoms with van der Waals surface area (Å²) in [5, 5.41) is 0. The minimum absolute atomic E-state index is 0.169. The molecule has 0 fully saturated rings. The molecule has 0 radical (unpaired) electrons. The third-order valence-electron chi connectivity index (χ3n) is 5.01. The zero-order chi connectivity index (χ0) is 16.9. The van der Waals surface area contributed by atoms with Gasteiger partial charge in [-0.3, -0.25) is 4.79 Å². The van der Waals surface area contributed by atoms with Crippen LogP contribution in [0.3, 0.4) is 0 Å². The lowest BCUT2D eigenvalue weighted by Crippen LogP contribution is -2.36. The van der Waals surface area contributed by atoms with E-state index in [9.17, 15) is 4.79 Å². The molecule has 0 spiro atoms. The van der Waals surface area contributed by atoms with Crippen LogP contribution >= 0.6 is 0 Å². The van der Waals surface area contributed by atoms with E-state index in [1.807, 2.05) is 0 Å². The molecule has 1 unspecified atom stereocenters. The average Bonchev–Trinajstić information content (AvgIpc) is 2.61. The third-order valence-corrected chi connectivity index (χ3v) is 5.01. The van der Waals surface area contributed by atoms with E-state index in [1.54, 1.807) is 0 Å². The normalized spacial score (nSPS) is 16.8. The number of unbranched alkanes of at least 4 members (excludes halogenated alkanes) is 1. The van der Waals surface area contributed by atoms with Crippen LogP contribution < -0.4 is 4.90 Å². The van der Waals surface area contributed by atoms with Gasteiger partial charge in [0.15, 0.2) is 0 Å². The van der Waals surface area contributed by atoms with Crippen molar-refractivity contribution < 1.29 is 4.79 Å². The molecule has 0 aromatic heterocycles. The molecule has 3 rings (SSSR count). The molecule has 2 aromatic carbocycles.